The summed E-state index contributed by atoms with van der Waals surface area (Å²) in [7, 11) is 0. The molecule has 0 unspecified atom stereocenters. The highest BCUT2D eigenvalue weighted by molar-refractivity contribution is 5.91. The minimum absolute atomic E-state index is 0.0338. The molecule has 170 valence electrons. The van der Waals surface area contributed by atoms with Crippen LogP contribution in [0.4, 0.5) is 0 Å². The van der Waals surface area contributed by atoms with Crippen molar-refractivity contribution in [1.29, 1.82) is 0 Å². The number of carbonyl (C=O) groups is 1. The average molecular weight is 423 g/mol. The van der Waals surface area contributed by atoms with E-state index in [4.69, 9.17) is 4.74 Å². The van der Waals surface area contributed by atoms with Crippen molar-refractivity contribution in [2.45, 2.75) is 105 Å². The lowest BCUT2D eigenvalue weighted by Gasteiger charge is -2.27. The zero-order valence-corrected chi connectivity index (χ0v) is 21.8. The van der Waals surface area contributed by atoms with Crippen molar-refractivity contribution >= 4 is 5.97 Å². The highest BCUT2D eigenvalue weighted by atomic mass is 16.5. The first-order chi connectivity index (χ1) is 13.8. The molecule has 0 heterocycles. The van der Waals surface area contributed by atoms with Crippen LogP contribution in [0, 0.1) is 0 Å². The molecule has 0 fully saturated rings. The largest absolute Gasteiger partial charge is 0.423 e. The first kappa shape index (κ1) is 25.2. The van der Waals surface area contributed by atoms with E-state index in [1.54, 1.807) is 0 Å². The van der Waals surface area contributed by atoms with Gasteiger partial charge in [0.15, 0.2) is 0 Å². The number of hydrogen-bond donors (Lipinski definition) is 0. The van der Waals surface area contributed by atoms with Crippen LogP contribution in [0.3, 0.4) is 0 Å². The maximum absolute atomic E-state index is 13.3. The number of benzene rings is 2. The van der Waals surface area contributed by atoms with Crippen molar-refractivity contribution in [1.82, 2.24) is 0 Å². The summed E-state index contributed by atoms with van der Waals surface area (Å²) in [6, 6.07) is 12.4. The fraction of sp³-hybridized carbons (Fsp3) is 0.552. The van der Waals surface area contributed by atoms with E-state index in [1.807, 2.05) is 24.3 Å². The van der Waals surface area contributed by atoms with Crippen LogP contribution in [0.15, 0.2) is 36.4 Å². The highest BCUT2D eigenvalue weighted by Gasteiger charge is 2.25. The van der Waals surface area contributed by atoms with Gasteiger partial charge in [-0.15, -0.1) is 0 Å². The summed E-state index contributed by atoms with van der Waals surface area (Å²) >= 11 is 0. The second kappa shape index (κ2) is 8.11. The SMILES string of the molecule is CC(C)(C)c1cc(OC(=O)c2cc(C(C)(C)C)cc(C(C)(C)C)c2)cc(C(C)(C)C)c1. The molecule has 0 radical (unpaired) electrons. The van der Waals surface area contributed by atoms with E-state index in [-0.39, 0.29) is 27.6 Å². The van der Waals surface area contributed by atoms with Crippen LogP contribution < -0.4 is 4.74 Å². The molecule has 0 saturated heterocycles. The number of ether oxygens (including phenoxy) is 1. The van der Waals surface area contributed by atoms with E-state index in [0.29, 0.717) is 11.3 Å². The molecule has 0 atom stereocenters. The van der Waals surface area contributed by atoms with Gasteiger partial charge in [0, 0.05) is 0 Å². The molecule has 31 heavy (non-hydrogen) atoms. The quantitative estimate of drug-likeness (QED) is 0.361. The number of rotatable bonds is 2. The average Bonchev–Trinajstić information content (AvgIpc) is 2.58. The minimum atomic E-state index is -0.303. The molecule has 0 spiro atoms. The lowest BCUT2D eigenvalue weighted by molar-refractivity contribution is 0.0734. The van der Waals surface area contributed by atoms with E-state index in [1.165, 1.54) is 11.1 Å². The minimum Gasteiger partial charge on any atom is -0.423 e. The Bertz CT molecular complexity index is 888. The van der Waals surface area contributed by atoms with Crippen LogP contribution in [0.1, 0.15) is 116 Å². The van der Waals surface area contributed by atoms with Crippen molar-refractivity contribution in [2.24, 2.45) is 0 Å². The smallest absolute Gasteiger partial charge is 0.343 e. The molecule has 2 nitrogen and oxygen atoms in total. The molecule has 0 aliphatic heterocycles. The monoisotopic (exact) mass is 422 g/mol. The highest BCUT2D eigenvalue weighted by Crippen LogP contribution is 2.34. The van der Waals surface area contributed by atoms with E-state index in [9.17, 15) is 4.79 Å². The van der Waals surface area contributed by atoms with Gasteiger partial charge in [-0.3, -0.25) is 0 Å². The molecule has 0 N–H and O–H groups in total. The molecule has 2 aromatic rings. The van der Waals surface area contributed by atoms with Gasteiger partial charge in [0.05, 0.1) is 5.56 Å². The summed E-state index contributed by atoms with van der Waals surface area (Å²) in [6.45, 7) is 26.1. The maximum atomic E-state index is 13.3. The van der Waals surface area contributed by atoms with Gasteiger partial charge in [-0.2, -0.15) is 0 Å². The Morgan fingerprint density at radius 3 is 1.10 bits per heavy atom. The molecule has 2 aromatic carbocycles. The van der Waals surface area contributed by atoms with Crippen LogP contribution in [-0.2, 0) is 21.7 Å². The van der Waals surface area contributed by atoms with Crippen molar-refractivity contribution in [3.63, 3.8) is 0 Å². The van der Waals surface area contributed by atoms with Gasteiger partial charge in [-0.1, -0.05) is 95.2 Å². The fourth-order valence-corrected chi connectivity index (χ4v) is 3.30. The van der Waals surface area contributed by atoms with Gasteiger partial charge in [0.25, 0.3) is 0 Å². The third-order valence-corrected chi connectivity index (χ3v) is 5.75. The van der Waals surface area contributed by atoms with E-state index in [0.717, 1.165) is 11.1 Å². The van der Waals surface area contributed by atoms with Crippen molar-refractivity contribution < 1.29 is 9.53 Å². The molecule has 0 bridgehead atoms. The second-order valence-electron chi connectivity index (χ2n) is 12.9. The molecule has 0 aliphatic carbocycles. The fourth-order valence-electron chi connectivity index (χ4n) is 3.30. The second-order valence-corrected chi connectivity index (χ2v) is 12.9. The summed E-state index contributed by atoms with van der Waals surface area (Å²) in [4.78, 5) is 13.3. The molecule has 0 aliphatic rings. The summed E-state index contributed by atoms with van der Waals surface area (Å²) in [6.07, 6.45) is 0. The predicted octanol–water partition coefficient (Wildman–Crippen LogP) is 8.10. The van der Waals surface area contributed by atoms with Gasteiger partial charge in [0.2, 0.25) is 0 Å². The molecule has 2 rings (SSSR count). The molecule has 0 aromatic heterocycles. The Labute approximate surface area is 190 Å². The van der Waals surface area contributed by atoms with Gasteiger partial charge in [-0.05, 0) is 68.2 Å². The zero-order valence-electron chi connectivity index (χ0n) is 21.8. The summed E-state index contributed by atoms with van der Waals surface area (Å²) in [5.41, 5.74) is 5.06. The van der Waals surface area contributed by atoms with Crippen LogP contribution in [0.5, 0.6) is 5.75 Å². The Hall–Kier alpha value is -2.09. The van der Waals surface area contributed by atoms with Gasteiger partial charge >= 0.3 is 5.97 Å². The topological polar surface area (TPSA) is 26.3 Å². The van der Waals surface area contributed by atoms with Crippen molar-refractivity contribution in [2.75, 3.05) is 0 Å². The first-order valence-corrected chi connectivity index (χ1v) is 11.3. The van der Waals surface area contributed by atoms with Crippen LogP contribution in [-0.4, -0.2) is 5.97 Å². The van der Waals surface area contributed by atoms with E-state index < -0.39 is 0 Å². The van der Waals surface area contributed by atoms with E-state index >= 15 is 0 Å². The van der Waals surface area contributed by atoms with Gasteiger partial charge < -0.3 is 4.74 Å². The Morgan fingerprint density at radius 2 is 0.806 bits per heavy atom. The van der Waals surface area contributed by atoms with Gasteiger partial charge in [0.1, 0.15) is 5.75 Å². The maximum Gasteiger partial charge on any atom is 0.343 e. The summed E-state index contributed by atoms with van der Waals surface area (Å²) < 4.78 is 5.97. The lowest BCUT2D eigenvalue weighted by Crippen LogP contribution is -2.20. The normalized spacial score (nSPS) is 13.3. The molecule has 0 saturated carbocycles. The van der Waals surface area contributed by atoms with E-state index in [2.05, 4.69) is 95.2 Å². The Morgan fingerprint density at radius 1 is 0.516 bits per heavy atom. The molecule has 2 heteroatoms. The van der Waals surface area contributed by atoms with Crippen LogP contribution in [0.2, 0.25) is 0 Å². The Balaban J connectivity index is 2.54. The predicted molar refractivity (Wildman–Crippen MR) is 133 cm³/mol. The summed E-state index contributed by atoms with van der Waals surface area (Å²) in [5, 5.41) is 0. The lowest BCUT2D eigenvalue weighted by atomic mass is 9.79. The number of hydrogen-bond acceptors (Lipinski definition) is 2. The number of carbonyl (C=O) groups excluding carboxylic acids is 1. The molecular formula is C29H42O2. The standard InChI is InChI=1S/C29H42O2/c1-26(2,3)20-13-19(14-21(15-20)27(4,5)6)25(30)31-24-17-22(28(7,8)9)16-23(18-24)29(10,11)12/h13-18H,1-12H3. The Kier molecular flexibility index (Phi) is 6.59. The van der Waals surface area contributed by atoms with Crippen molar-refractivity contribution in [3.8, 4) is 5.75 Å². The number of esters is 1. The first-order valence-electron chi connectivity index (χ1n) is 11.3. The molecular weight excluding hydrogens is 380 g/mol. The zero-order chi connectivity index (χ0) is 24.0. The third kappa shape index (κ3) is 6.45. The van der Waals surface area contributed by atoms with Gasteiger partial charge in [-0.25, -0.2) is 4.79 Å². The summed E-state index contributed by atoms with van der Waals surface area (Å²) in [5.74, 6) is 0.309. The molecule has 0 amide bonds. The van der Waals surface area contributed by atoms with Crippen molar-refractivity contribution in [3.05, 3.63) is 64.2 Å². The van der Waals surface area contributed by atoms with Crippen LogP contribution in [0.25, 0.3) is 0 Å². The third-order valence-electron chi connectivity index (χ3n) is 5.75. The van der Waals surface area contributed by atoms with Crippen LogP contribution >= 0.6 is 0 Å².